The van der Waals surface area contributed by atoms with Crippen LogP contribution in [-0.2, 0) is 6.42 Å². The monoisotopic (exact) mass is 160 g/mol. The fraction of sp³-hybridized carbons (Fsp3) is 0.300. The molecule has 1 N–H and O–H groups in total. The van der Waals surface area contributed by atoms with Crippen molar-refractivity contribution in [1.82, 2.24) is 0 Å². The van der Waals surface area contributed by atoms with Gasteiger partial charge in [0.05, 0.1) is 6.07 Å². The lowest BCUT2D eigenvalue weighted by Crippen LogP contribution is -1.94. The summed E-state index contributed by atoms with van der Waals surface area (Å²) in [5.74, 6) is 0. The number of aryl methyl sites for hydroxylation is 1. The summed E-state index contributed by atoms with van der Waals surface area (Å²) in [4.78, 5) is 0. The van der Waals surface area contributed by atoms with Gasteiger partial charge in [0.25, 0.3) is 0 Å². The van der Waals surface area contributed by atoms with Crippen LogP contribution in [0, 0.1) is 11.3 Å². The van der Waals surface area contributed by atoms with Crippen LogP contribution in [0.2, 0.25) is 0 Å². The maximum atomic E-state index is 8.42. The third kappa shape index (κ3) is 2.00. The molecule has 0 atom stereocenters. The number of nitriles is 1. The average Bonchev–Trinajstić information content (AvgIpc) is 2.15. The van der Waals surface area contributed by atoms with E-state index in [-0.39, 0.29) is 0 Å². The summed E-state index contributed by atoms with van der Waals surface area (Å²) in [6.45, 7) is 0. The Balaban J connectivity index is 2.76. The third-order valence-electron chi connectivity index (χ3n) is 1.79. The number of nitrogens with zero attached hydrogens (tertiary/aromatic N) is 1. The minimum Gasteiger partial charge on any atom is -0.388 e. The van der Waals surface area contributed by atoms with E-state index in [0.29, 0.717) is 6.42 Å². The van der Waals surface area contributed by atoms with E-state index in [1.54, 1.807) is 0 Å². The van der Waals surface area contributed by atoms with Gasteiger partial charge >= 0.3 is 0 Å². The Morgan fingerprint density at radius 1 is 1.42 bits per heavy atom. The van der Waals surface area contributed by atoms with Crippen molar-refractivity contribution in [2.45, 2.75) is 12.8 Å². The number of nitrogens with one attached hydrogen (secondary N) is 1. The first-order valence-corrected chi connectivity index (χ1v) is 4.01. The molecule has 0 aliphatic rings. The van der Waals surface area contributed by atoms with Gasteiger partial charge in [-0.2, -0.15) is 5.26 Å². The van der Waals surface area contributed by atoms with E-state index in [9.17, 15) is 0 Å². The fourth-order valence-electron chi connectivity index (χ4n) is 1.17. The van der Waals surface area contributed by atoms with Gasteiger partial charge in [-0.3, -0.25) is 0 Å². The molecule has 0 radical (unpaired) electrons. The number of hydrogen-bond acceptors (Lipinski definition) is 2. The van der Waals surface area contributed by atoms with Crippen LogP contribution in [0.5, 0.6) is 0 Å². The first-order chi connectivity index (χ1) is 5.88. The van der Waals surface area contributed by atoms with Crippen LogP contribution in [0.4, 0.5) is 5.69 Å². The van der Waals surface area contributed by atoms with Crippen molar-refractivity contribution in [3.05, 3.63) is 29.8 Å². The summed E-state index contributed by atoms with van der Waals surface area (Å²) in [6, 6.07) is 10.2. The van der Waals surface area contributed by atoms with Crippen molar-refractivity contribution in [3.63, 3.8) is 0 Å². The summed E-state index contributed by atoms with van der Waals surface area (Å²) < 4.78 is 0. The van der Waals surface area contributed by atoms with Crippen molar-refractivity contribution in [2.24, 2.45) is 0 Å². The number of rotatable bonds is 3. The van der Waals surface area contributed by atoms with Gasteiger partial charge < -0.3 is 5.32 Å². The standard InChI is InChI=1S/C10H12N2/c1-12-10-7-3-2-5-9(10)6-4-8-11/h2-3,5,7,12H,4,6H2,1H3. The van der Waals surface area contributed by atoms with Crippen LogP contribution in [0.25, 0.3) is 0 Å². The summed E-state index contributed by atoms with van der Waals surface area (Å²) in [6.07, 6.45) is 1.41. The van der Waals surface area contributed by atoms with E-state index in [1.807, 2.05) is 31.3 Å². The van der Waals surface area contributed by atoms with Crippen molar-refractivity contribution < 1.29 is 0 Å². The van der Waals surface area contributed by atoms with Crippen molar-refractivity contribution in [2.75, 3.05) is 12.4 Å². The van der Waals surface area contributed by atoms with Crippen molar-refractivity contribution in [3.8, 4) is 6.07 Å². The van der Waals surface area contributed by atoms with E-state index < -0.39 is 0 Å². The van der Waals surface area contributed by atoms with Gasteiger partial charge in [-0.25, -0.2) is 0 Å². The number of hydrogen-bond donors (Lipinski definition) is 1. The zero-order valence-corrected chi connectivity index (χ0v) is 7.17. The van der Waals surface area contributed by atoms with Gasteiger partial charge in [0.1, 0.15) is 0 Å². The summed E-state index contributed by atoms with van der Waals surface area (Å²) in [5, 5.41) is 11.5. The Morgan fingerprint density at radius 3 is 2.83 bits per heavy atom. The highest BCUT2D eigenvalue weighted by Crippen LogP contribution is 2.15. The molecule has 0 heterocycles. The van der Waals surface area contributed by atoms with Crippen LogP contribution in [0.15, 0.2) is 24.3 Å². The van der Waals surface area contributed by atoms with Crippen LogP contribution >= 0.6 is 0 Å². The normalized spacial score (nSPS) is 9.00. The second-order valence-corrected chi connectivity index (χ2v) is 2.57. The largest absolute Gasteiger partial charge is 0.388 e. The van der Waals surface area contributed by atoms with Crippen molar-refractivity contribution >= 4 is 5.69 Å². The SMILES string of the molecule is CNc1ccccc1CCC#N. The minimum absolute atomic E-state index is 0.582. The first-order valence-electron chi connectivity index (χ1n) is 4.01. The molecule has 2 heteroatoms. The Kier molecular flexibility index (Phi) is 3.16. The Hall–Kier alpha value is -1.49. The summed E-state index contributed by atoms with van der Waals surface area (Å²) >= 11 is 0. The smallest absolute Gasteiger partial charge is 0.0625 e. The lowest BCUT2D eigenvalue weighted by Gasteiger charge is -2.05. The minimum atomic E-state index is 0.582. The topological polar surface area (TPSA) is 35.8 Å². The van der Waals surface area contributed by atoms with Gasteiger partial charge in [-0.15, -0.1) is 0 Å². The van der Waals surface area contributed by atoms with Gasteiger partial charge in [-0.05, 0) is 18.1 Å². The number of anilines is 1. The maximum absolute atomic E-state index is 8.42. The molecule has 0 bridgehead atoms. The Morgan fingerprint density at radius 2 is 2.17 bits per heavy atom. The van der Waals surface area contributed by atoms with Crippen LogP contribution in [0.1, 0.15) is 12.0 Å². The van der Waals surface area contributed by atoms with Crippen molar-refractivity contribution in [1.29, 1.82) is 5.26 Å². The van der Waals surface area contributed by atoms with E-state index in [0.717, 1.165) is 12.1 Å². The van der Waals surface area contributed by atoms with Crippen LogP contribution < -0.4 is 5.32 Å². The van der Waals surface area contributed by atoms with Crippen LogP contribution in [-0.4, -0.2) is 7.05 Å². The molecule has 1 rings (SSSR count). The molecule has 12 heavy (non-hydrogen) atoms. The third-order valence-corrected chi connectivity index (χ3v) is 1.79. The zero-order valence-electron chi connectivity index (χ0n) is 7.17. The molecular formula is C10H12N2. The molecule has 62 valence electrons. The molecule has 0 aliphatic heterocycles. The molecular weight excluding hydrogens is 148 g/mol. The van der Waals surface area contributed by atoms with Gasteiger partial charge in [0, 0.05) is 19.2 Å². The number of benzene rings is 1. The molecule has 0 unspecified atom stereocenters. The first kappa shape index (κ1) is 8.61. The number of para-hydroxylation sites is 1. The van der Waals surface area contributed by atoms with E-state index in [1.165, 1.54) is 5.56 Å². The van der Waals surface area contributed by atoms with E-state index in [2.05, 4.69) is 11.4 Å². The summed E-state index contributed by atoms with van der Waals surface area (Å²) in [7, 11) is 1.89. The second-order valence-electron chi connectivity index (χ2n) is 2.57. The van der Waals surface area contributed by atoms with Gasteiger partial charge in [0.2, 0.25) is 0 Å². The zero-order chi connectivity index (χ0) is 8.81. The molecule has 1 aromatic rings. The predicted octanol–water partition coefficient (Wildman–Crippen LogP) is 2.18. The molecule has 0 spiro atoms. The Bertz CT molecular complexity index is 286. The van der Waals surface area contributed by atoms with E-state index >= 15 is 0 Å². The lowest BCUT2D eigenvalue weighted by molar-refractivity contribution is 1.01. The highest BCUT2D eigenvalue weighted by molar-refractivity contribution is 5.50. The maximum Gasteiger partial charge on any atom is 0.0625 e. The summed E-state index contributed by atoms with van der Waals surface area (Å²) in [5.41, 5.74) is 2.33. The molecule has 2 nitrogen and oxygen atoms in total. The molecule has 0 saturated heterocycles. The second kappa shape index (κ2) is 4.40. The molecule has 0 saturated carbocycles. The molecule has 0 aliphatic carbocycles. The predicted molar refractivity (Wildman–Crippen MR) is 49.9 cm³/mol. The molecule has 0 fully saturated rings. The molecule has 0 amide bonds. The highest BCUT2D eigenvalue weighted by Gasteiger charge is 1.97. The molecule has 1 aromatic carbocycles. The molecule has 0 aromatic heterocycles. The van der Waals surface area contributed by atoms with Crippen LogP contribution in [0.3, 0.4) is 0 Å². The highest BCUT2D eigenvalue weighted by atomic mass is 14.8. The van der Waals surface area contributed by atoms with Gasteiger partial charge in [0.15, 0.2) is 0 Å². The quantitative estimate of drug-likeness (QED) is 0.735. The fourth-order valence-corrected chi connectivity index (χ4v) is 1.17. The lowest BCUT2D eigenvalue weighted by atomic mass is 10.1. The Labute approximate surface area is 72.8 Å². The van der Waals surface area contributed by atoms with Gasteiger partial charge in [-0.1, -0.05) is 18.2 Å². The average molecular weight is 160 g/mol. The van der Waals surface area contributed by atoms with E-state index in [4.69, 9.17) is 5.26 Å².